The monoisotopic (exact) mass is 233 g/mol. The van der Waals surface area contributed by atoms with Gasteiger partial charge in [0.25, 0.3) is 0 Å². The van der Waals surface area contributed by atoms with Crippen molar-refractivity contribution >= 4 is 6.09 Å². The second-order valence-corrected chi connectivity index (χ2v) is 5.71. The lowest BCUT2D eigenvalue weighted by atomic mass is 10.0. The largest absolute Gasteiger partial charge is 0.444 e. The number of nitrogens with zero attached hydrogens (tertiary/aromatic N) is 1. The Morgan fingerprint density at radius 2 is 1.88 bits per heavy atom. The molecule has 2 rings (SSSR count). The van der Waals surface area contributed by atoms with Crippen molar-refractivity contribution in [2.45, 2.75) is 38.8 Å². The van der Waals surface area contributed by atoms with Crippen LogP contribution in [0.15, 0.2) is 30.3 Å². The zero-order valence-electron chi connectivity index (χ0n) is 10.9. The summed E-state index contributed by atoms with van der Waals surface area (Å²) in [6.07, 6.45) is -0.233. The van der Waals surface area contributed by atoms with Gasteiger partial charge in [-0.1, -0.05) is 30.3 Å². The fourth-order valence-electron chi connectivity index (χ4n) is 1.90. The van der Waals surface area contributed by atoms with E-state index < -0.39 is 5.60 Å². The Bertz CT molecular complexity index is 422. The van der Waals surface area contributed by atoms with Gasteiger partial charge in [0, 0.05) is 0 Å². The standard InChI is InChI=1S/C14H19NO2/c1-13(2,3)17-12(16)15-10-14(15,4)11-8-6-5-7-9-11/h5-9H,10H2,1-4H3/t14-,15?/m1/s1. The summed E-state index contributed by atoms with van der Waals surface area (Å²) >= 11 is 0. The fourth-order valence-corrected chi connectivity index (χ4v) is 1.90. The van der Waals surface area contributed by atoms with Gasteiger partial charge in [-0.05, 0) is 33.3 Å². The van der Waals surface area contributed by atoms with Gasteiger partial charge in [0.2, 0.25) is 0 Å². The number of carbonyl (C=O) groups is 1. The molecule has 3 heteroatoms. The molecule has 1 heterocycles. The highest BCUT2D eigenvalue weighted by Crippen LogP contribution is 2.42. The van der Waals surface area contributed by atoms with E-state index in [1.54, 1.807) is 4.90 Å². The van der Waals surface area contributed by atoms with Crippen LogP contribution in [-0.4, -0.2) is 23.1 Å². The summed E-state index contributed by atoms with van der Waals surface area (Å²) in [6.45, 7) is 8.44. The minimum Gasteiger partial charge on any atom is -0.444 e. The van der Waals surface area contributed by atoms with Crippen LogP contribution < -0.4 is 0 Å². The molecular weight excluding hydrogens is 214 g/mol. The molecule has 0 aromatic heterocycles. The molecule has 0 spiro atoms. The summed E-state index contributed by atoms with van der Waals surface area (Å²) in [5, 5.41) is 0. The molecule has 0 saturated carbocycles. The van der Waals surface area contributed by atoms with Crippen LogP contribution >= 0.6 is 0 Å². The van der Waals surface area contributed by atoms with Gasteiger partial charge in [0.1, 0.15) is 5.60 Å². The summed E-state index contributed by atoms with van der Waals surface area (Å²) in [7, 11) is 0. The molecule has 92 valence electrons. The van der Waals surface area contributed by atoms with Gasteiger partial charge in [-0.2, -0.15) is 0 Å². The molecule has 1 fully saturated rings. The third-order valence-corrected chi connectivity index (χ3v) is 2.97. The van der Waals surface area contributed by atoms with E-state index in [0.29, 0.717) is 0 Å². The first-order valence-corrected chi connectivity index (χ1v) is 5.89. The molecule has 1 saturated heterocycles. The molecule has 17 heavy (non-hydrogen) atoms. The van der Waals surface area contributed by atoms with E-state index in [1.165, 1.54) is 0 Å². The van der Waals surface area contributed by atoms with Crippen LogP contribution in [0.1, 0.15) is 33.3 Å². The maximum absolute atomic E-state index is 11.9. The maximum Gasteiger partial charge on any atom is 0.411 e. The summed E-state index contributed by atoms with van der Waals surface area (Å²) in [5.74, 6) is 0. The van der Waals surface area contributed by atoms with Crippen molar-refractivity contribution in [3.63, 3.8) is 0 Å². The van der Waals surface area contributed by atoms with Crippen LogP contribution in [0.4, 0.5) is 4.79 Å². The SMILES string of the molecule is CC(C)(C)OC(=O)N1C[C@]1(C)c1ccccc1. The van der Waals surface area contributed by atoms with Crippen molar-refractivity contribution in [1.82, 2.24) is 4.90 Å². The van der Waals surface area contributed by atoms with Gasteiger partial charge in [0.15, 0.2) is 0 Å². The third kappa shape index (κ3) is 2.43. The molecular formula is C14H19NO2. The molecule has 0 aliphatic carbocycles. The third-order valence-electron chi connectivity index (χ3n) is 2.97. The Morgan fingerprint density at radius 1 is 1.29 bits per heavy atom. The highest BCUT2D eigenvalue weighted by atomic mass is 16.6. The summed E-state index contributed by atoms with van der Waals surface area (Å²) in [6, 6.07) is 10.1. The van der Waals surface area contributed by atoms with Gasteiger partial charge in [-0.25, -0.2) is 4.79 Å². The highest BCUT2D eigenvalue weighted by molar-refractivity contribution is 5.73. The van der Waals surface area contributed by atoms with Crippen molar-refractivity contribution in [2.75, 3.05) is 6.54 Å². The van der Waals surface area contributed by atoms with E-state index in [0.717, 1.165) is 12.1 Å². The van der Waals surface area contributed by atoms with Crippen molar-refractivity contribution in [3.05, 3.63) is 35.9 Å². The van der Waals surface area contributed by atoms with E-state index in [1.807, 2.05) is 51.1 Å². The summed E-state index contributed by atoms with van der Waals surface area (Å²) in [5.41, 5.74) is 0.534. The quantitative estimate of drug-likeness (QED) is 0.697. The number of amides is 1. The molecule has 1 aliphatic heterocycles. The zero-order valence-corrected chi connectivity index (χ0v) is 10.9. The average molecular weight is 233 g/mol. The Hall–Kier alpha value is -1.51. The van der Waals surface area contributed by atoms with Crippen LogP contribution in [0.3, 0.4) is 0 Å². The second kappa shape index (κ2) is 3.76. The van der Waals surface area contributed by atoms with Crippen LogP contribution in [0.2, 0.25) is 0 Å². The Balaban J connectivity index is 2.07. The topological polar surface area (TPSA) is 29.3 Å². The molecule has 1 atom stereocenters. The van der Waals surface area contributed by atoms with Crippen LogP contribution in [0.5, 0.6) is 0 Å². The summed E-state index contributed by atoms with van der Waals surface area (Å²) in [4.78, 5) is 13.7. The summed E-state index contributed by atoms with van der Waals surface area (Å²) < 4.78 is 5.37. The number of ether oxygens (including phenoxy) is 1. The zero-order chi connectivity index (χ0) is 12.7. The van der Waals surface area contributed by atoms with E-state index in [-0.39, 0.29) is 11.6 Å². The maximum atomic E-state index is 11.9. The van der Waals surface area contributed by atoms with Gasteiger partial charge in [-0.15, -0.1) is 0 Å². The van der Waals surface area contributed by atoms with Gasteiger partial charge in [-0.3, -0.25) is 4.90 Å². The van der Waals surface area contributed by atoms with E-state index in [9.17, 15) is 4.79 Å². The minimum atomic E-state index is -0.433. The van der Waals surface area contributed by atoms with E-state index in [2.05, 4.69) is 6.92 Å². The Morgan fingerprint density at radius 3 is 2.41 bits per heavy atom. The predicted octanol–water partition coefficient (Wildman–Crippen LogP) is 3.15. The number of carbonyl (C=O) groups excluding carboxylic acids is 1. The van der Waals surface area contributed by atoms with Crippen LogP contribution in [-0.2, 0) is 10.3 Å². The molecule has 1 aliphatic rings. The Labute approximate surface area is 102 Å². The Kier molecular flexibility index (Phi) is 2.64. The van der Waals surface area contributed by atoms with Crippen molar-refractivity contribution in [3.8, 4) is 0 Å². The number of rotatable bonds is 1. The number of benzene rings is 1. The first-order valence-electron chi connectivity index (χ1n) is 5.89. The molecule has 0 N–H and O–H groups in total. The first kappa shape index (κ1) is 12.0. The van der Waals surface area contributed by atoms with Gasteiger partial charge < -0.3 is 4.74 Å². The molecule has 1 amide bonds. The number of hydrogen-bond donors (Lipinski definition) is 0. The first-order chi connectivity index (χ1) is 7.83. The van der Waals surface area contributed by atoms with Crippen molar-refractivity contribution in [1.29, 1.82) is 0 Å². The van der Waals surface area contributed by atoms with E-state index in [4.69, 9.17) is 4.74 Å². The second-order valence-electron chi connectivity index (χ2n) is 5.71. The fraction of sp³-hybridized carbons (Fsp3) is 0.500. The molecule has 0 radical (unpaired) electrons. The number of hydrogen-bond acceptors (Lipinski definition) is 2. The van der Waals surface area contributed by atoms with Crippen molar-refractivity contribution in [2.24, 2.45) is 0 Å². The minimum absolute atomic E-state index is 0.191. The van der Waals surface area contributed by atoms with Crippen molar-refractivity contribution < 1.29 is 9.53 Å². The van der Waals surface area contributed by atoms with Crippen LogP contribution in [0, 0.1) is 0 Å². The predicted molar refractivity (Wildman–Crippen MR) is 66.7 cm³/mol. The lowest BCUT2D eigenvalue weighted by molar-refractivity contribution is 0.0383. The average Bonchev–Trinajstić information content (AvgIpc) is 2.92. The van der Waals surface area contributed by atoms with Gasteiger partial charge >= 0.3 is 6.09 Å². The lowest BCUT2D eigenvalue weighted by Crippen LogP contribution is -2.29. The molecule has 1 aromatic rings. The van der Waals surface area contributed by atoms with Crippen LogP contribution in [0.25, 0.3) is 0 Å². The van der Waals surface area contributed by atoms with Gasteiger partial charge in [0.05, 0.1) is 12.1 Å². The molecule has 3 nitrogen and oxygen atoms in total. The molecule has 1 aromatic carbocycles. The smallest absolute Gasteiger partial charge is 0.411 e. The molecule has 0 bridgehead atoms. The normalized spacial score (nSPS) is 23.4. The van der Waals surface area contributed by atoms with E-state index >= 15 is 0 Å². The highest BCUT2D eigenvalue weighted by Gasteiger charge is 2.53. The lowest BCUT2D eigenvalue weighted by Gasteiger charge is -2.21. The molecule has 0 unspecified atom stereocenters.